The standard InChI is InChI=1S/C14H16N4O2/c19-10-11-4-6-17(9-11)14(20)12-2-1-3-13(8-12)18-7-5-15-16-18/h1-3,5,7-8,11,19H,4,6,9-10H2. The average molecular weight is 272 g/mol. The Morgan fingerprint density at radius 2 is 2.35 bits per heavy atom. The maximum atomic E-state index is 12.4. The molecule has 1 aromatic heterocycles. The van der Waals surface area contributed by atoms with Crippen LogP contribution in [0.1, 0.15) is 16.8 Å². The normalized spacial score (nSPS) is 18.4. The molecule has 6 heteroatoms. The fraction of sp³-hybridized carbons (Fsp3) is 0.357. The zero-order chi connectivity index (χ0) is 13.9. The first-order chi connectivity index (χ1) is 9.78. The molecule has 1 aliphatic rings. The lowest BCUT2D eigenvalue weighted by Gasteiger charge is -2.16. The topological polar surface area (TPSA) is 71.2 Å². The predicted octanol–water partition coefficient (Wildman–Crippen LogP) is 0.722. The number of aliphatic hydroxyl groups is 1. The minimum atomic E-state index is 0.00270. The monoisotopic (exact) mass is 272 g/mol. The van der Waals surface area contributed by atoms with Crippen LogP contribution in [-0.4, -0.2) is 50.6 Å². The van der Waals surface area contributed by atoms with E-state index in [9.17, 15) is 4.79 Å². The van der Waals surface area contributed by atoms with Gasteiger partial charge in [0.15, 0.2) is 0 Å². The quantitative estimate of drug-likeness (QED) is 0.893. The van der Waals surface area contributed by atoms with Gasteiger partial charge in [0.25, 0.3) is 5.91 Å². The summed E-state index contributed by atoms with van der Waals surface area (Å²) in [6.45, 7) is 1.48. The molecule has 1 amide bonds. The first kappa shape index (κ1) is 12.8. The van der Waals surface area contributed by atoms with Gasteiger partial charge < -0.3 is 10.0 Å². The van der Waals surface area contributed by atoms with Crippen molar-refractivity contribution in [1.82, 2.24) is 19.9 Å². The van der Waals surface area contributed by atoms with Gasteiger partial charge in [0.2, 0.25) is 0 Å². The van der Waals surface area contributed by atoms with Gasteiger partial charge in [0, 0.05) is 31.2 Å². The molecule has 0 aliphatic carbocycles. The summed E-state index contributed by atoms with van der Waals surface area (Å²) in [5.74, 6) is 0.209. The van der Waals surface area contributed by atoms with Crippen molar-refractivity contribution in [2.24, 2.45) is 5.92 Å². The highest BCUT2D eigenvalue weighted by molar-refractivity contribution is 5.94. The molecule has 1 saturated heterocycles. The lowest BCUT2D eigenvalue weighted by molar-refractivity contribution is 0.0782. The summed E-state index contributed by atoms with van der Waals surface area (Å²) in [6, 6.07) is 7.33. The molecule has 1 N–H and O–H groups in total. The molecule has 2 heterocycles. The second-order valence-corrected chi connectivity index (χ2v) is 4.99. The molecule has 0 saturated carbocycles. The average Bonchev–Trinajstić information content (AvgIpc) is 3.17. The summed E-state index contributed by atoms with van der Waals surface area (Å²) < 4.78 is 1.62. The lowest BCUT2D eigenvalue weighted by atomic mass is 10.1. The van der Waals surface area contributed by atoms with Gasteiger partial charge in [-0.1, -0.05) is 11.3 Å². The number of aliphatic hydroxyl groups excluding tert-OH is 1. The highest BCUT2D eigenvalue weighted by atomic mass is 16.3. The van der Waals surface area contributed by atoms with E-state index in [1.165, 1.54) is 0 Å². The van der Waals surface area contributed by atoms with E-state index < -0.39 is 0 Å². The second kappa shape index (κ2) is 5.42. The Labute approximate surface area is 116 Å². The Hall–Kier alpha value is -2.21. The van der Waals surface area contributed by atoms with Gasteiger partial charge >= 0.3 is 0 Å². The molecule has 0 radical (unpaired) electrons. The SMILES string of the molecule is O=C(c1cccc(-n2ccnn2)c1)N1CCC(CO)C1. The zero-order valence-electron chi connectivity index (χ0n) is 11.0. The maximum Gasteiger partial charge on any atom is 0.253 e. The summed E-state index contributed by atoms with van der Waals surface area (Å²) in [7, 11) is 0. The van der Waals surface area contributed by atoms with Gasteiger partial charge in [-0.15, -0.1) is 5.10 Å². The van der Waals surface area contributed by atoms with Crippen molar-refractivity contribution in [3.63, 3.8) is 0 Å². The van der Waals surface area contributed by atoms with Crippen LogP contribution in [0.2, 0.25) is 0 Å². The highest BCUT2D eigenvalue weighted by Gasteiger charge is 2.26. The van der Waals surface area contributed by atoms with Crippen molar-refractivity contribution in [3.05, 3.63) is 42.2 Å². The molecule has 104 valence electrons. The van der Waals surface area contributed by atoms with Crippen LogP contribution >= 0.6 is 0 Å². The van der Waals surface area contributed by atoms with Gasteiger partial charge in [0.1, 0.15) is 0 Å². The smallest absolute Gasteiger partial charge is 0.253 e. The third-order valence-corrected chi connectivity index (χ3v) is 3.61. The van der Waals surface area contributed by atoms with E-state index in [1.807, 2.05) is 18.2 Å². The number of hydrogen-bond acceptors (Lipinski definition) is 4. The van der Waals surface area contributed by atoms with Crippen LogP contribution in [-0.2, 0) is 0 Å². The molecule has 1 aliphatic heterocycles. The van der Waals surface area contributed by atoms with Crippen LogP contribution < -0.4 is 0 Å². The van der Waals surface area contributed by atoms with Crippen molar-refractivity contribution >= 4 is 5.91 Å². The van der Waals surface area contributed by atoms with E-state index in [2.05, 4.69) is 10.3 Å². The molecule has 3 rings (SSSR count). The Balaban J connectivity index is 1.80. The number of amides is 1. The molecule has 6 nitrogen and oxygen atoms in total. The van der Waals surface area contributed by atoms with E-state index in [1.54, 1.807) is 28.0 Å². The molecule has 1 atom stereocenters. The van der Waals surface area contributed by atoms with Crippen molar-refractivity contribution < 1.29 is 9.90 Å². The zero-order valence-corrected chi connectivity index (χ0v) is 11.0. The van der Waals surface area contributed by atoms with E-state index in [0.717, 1.165) is 12.1 Å². The number of rotatable bonds is 3. The van der Waals surface area contributed by atoms with Crippen molar-refractivity contribution in [2.75, 3.05) is 19.7 Å². The first-order valence-corrected chi connectivity index (χ1v) is 6.65. The van der Waals surface area contributed by atoms with Gasteiger partial charge in [0.05, 0.1) is 18.1 Å². The van der Waals surface area contributed by atoms with Crippen LogP contribution in [0.25, 0.3) is 5.69 Å². The molecule has 0 spiro atoms. The summed E-state index contributed by atoms with van der Waals surface area (Å²) in [6.07, 6.45) is 4.20. The molecule has 1 unspecified atom stereocenters. The summed E-state index contributed by atoms with van der Waals surface area (Å²) in [5.41, 5.74) is 1.45. The minimum absolute atomic E-state index is 0.00270. The summed E-state index contributed by atoms with van der Waals surface area (Å²) in [5, 5.41) is 16.8. The molecule has 1 aromatic carbocycles. The Kier molecular flexibility index (Phi) is 3.47. The summed E-state index contributed by atoms with van der Waals surface area (Å²) in [4.78, 5) is 14.2. The number of carbonyl (C=O) groups is 1. The second-order valence-electron chi connectivity index (χ2n) is 4.99. The van der Waals surface area contributed by atoms with Crippen molar-refractivity contribution in [2.45, 2.75) is 6.42 Å². The number of likely N-dealkylation sites (tertiary alicyclic amines) is 1. The van der Waals surface area contributed by atoms with Gasteiger partial charge in [-0.3, -0.25) is 4.79 Å². The van der Waals surface area contributed by atoms with Gasteiger partial charge in [-0.05, 0) is 24.6 Å². The van der Waals surface area contributed by atoms with E-state index in [-0.39, 0.29) is 18.4 Å². The Morgan fingerprint density at radius 1 is 1.45 bits per heavy atom. The fourth-order valence-corrected chi connectivity index (χ4v) is 2.48. The maximum absolute atomic E-state index is 12.4. The van der Waals surface area contributed by atoms with E-state index in [0.29, 0.717) is 18.7 Å². The first-order valence-electron chi connectivity index (χ1n) is 6.65. The number of benzene rings is 1. The van der Waals surface area contributed by atoms with Crippen LogP contribution in [0.3, 0.4) is 0 Å². The van der Waals surface area contributed by atoms with Crippen molar-refractivity contribution in [3.8, 4) is 5.69 Å². The van der Waals surface area contributed by atoms with E-state index >= 15 is 0 Å². The molecule has 2 aromatic rings. The number of carbonyl (C=O) groups excluding carboxylic acids is 1. The minimum Gasteiger partial charge on any atom is -0.396 e. The highest BCUT2D eigenvalue weighted by Crippen LogP contribution is 2.19. The van der Waals surface area contributed by atoms with Crippen molar-refractivity contribution in [1.29, 1.82) is 0 Å². The number of nitrogens with zero attached hydrogens (tertiary/aromatic N) is 4. The van der Waals surface area contributed by atoms with Crippen LogP contribution in [0, 0.1) is 5.92 Å². The van der Waals surface area contributed by atoms with Gasteiger partial charge in [-0.25, -0.2) is 4.68 Å². The molecule has 20 heavy (non-hydrogen) atoms. The molecule has 1 fully saturated rings. The summed E-state index contributed by atoms with van der Waals surface area (Å²) >= 11 is 0. The van der Waals surface area contributed by atoms with Crippen LogP contribution in [0.15, 0.2) is 36.7 Å². The van der Waals surface area contributed by atoms with E-state index in [4.69, 9.17) is 5.11 Å². The van der Waals surface area contributed by atoms with Crippen LogP contribution in [0.5, 0.6) is 0 Å². The molecule has 0 bridgehead atoms. The molecular weight excluding hydrogens is 256 g/mol. The van der Waals surface area contributed by atoms with Gasteiger partial charge in [-0.2, -0.15) is 0 Å². The fourth-order valence-electron chi connectivity index (χ4n) is 2.48. The van der Waals surface area contributed by atoms with Crippen LogP contribution in [0.4, 0.5) is 0 Å². The Bertz CT molecular complexity index is 597. The number of aromatic nitrogens is 3. The number of hydrogen-bond donors (Lipinski definition) is 1. The predicted molar refractivity (Wildman–Crippen MR) is 72.5 cm³/mol. The lowest BCUT2D eigenvalue weighted by Crippen LogP contribution is -2.29. The largest absolute Gasteiger partial charge is 0.396 e. The Morgan fingerprint density at radius 3 is 3.05 bits per heavy atom. The third-order valence-electron chi connectivity index (χ3n) is 3.61. The third kappa shape index (κ3) is 2.42. The molecular formula is C14H16N4O2.